The number of benzene rings is 1. The molecule has 0 heterocycles. The summed E-state index contributed by atoms with van der Waals surface area (Å²) >= 11 is 0. The molecule has 0 radical (unpaired) electrons. The maximum Gasteiger partial charge on any atom is 0.269 e. The van der Waals surface area contributed by atoms with Gasteiger partial charge in [-0.3, -0.25) is 14.9 Å². The van der Waals surface area contributed by atoms with Crippen LogP contribution in [0.2, 0.25) is 0 Å². The Morgan fingerprint density at radius 1 is 1.12 bits per heavy atom. The van der Waals surface area contributed by atoms with E-state index in [9.17, 15) is 25.1 Å². The molecule has 0 aliphatic heterocycles. The van der Waals surface area contributed by atoms with Crippen LogP contribution in [-0.4, -0.2) is 33.7 Å². The first-order valence-electron chi connectivity index (χ1n) is 9.32. The van der Waals surface area contributed by atoms with Gasteiger partial charge in [0, 0.05) is 18.6 Å². The molecule has 1 amide bonds. The second kappa shape index (κ2) is 12.4. The third-order valence-corrected chi connectivity index (χ3v) is 4.38. The van der Waals surface area contributed by atoms with Gasteiger partial charge in [0.25, 0.3) is 5.69 Å². The van der Waals surface area contributed by atoms with Crippen LogP contribution in [-0.2, 0) is 4.79 Å². The van der Waals surface area contributed by atoms with Crippen LogP contribution in [0.15, 0.2) is 24.3 Å². The Morgan fingerprint density at radius 3 is 2.23 bits per heavy atom. The molecule has 2 atom stereocenters. The molecule has 26 heavy (non-hydrogen) atoms. The fourth-order valence-electron chi connectivity index (χ4n) is 2.77. The van der Waals surface area contributed by atoms with Crippen molar-refractivity contribution in [2.24, 2.45) is 0 Å². The fraction of sp³-hybridized carbons (Fsp3) is 0.632. The number of non-ortho nitro benzene ring substituents is 1. The molecule has 0 aliphatic carbocycles. The predicted molar refractivity (Wildman–Crippen MR) is 99.7 cm³/mol. The normalized spacial score (nSPS) is 13.2. The number of carbonyl (C=O) groups is 1. The summed E-state index contributed by atoms with van der Waals surface area (Å²) in [6.07, 6.45) is 7.00. The number of carbonyl (C=O) groups excluding carboxylic acids is 1. The quantitative estimate of drug-likeness (QED) is 0.282. The number of amides is 1. The molecule has 1 rings (SSSR count). The van der Waals surface area contributed by atoms with Gasteiger partial charge in [0.15, 0.2) is 0 Å². The number of rotatable bonds is 13. The highest BCUT2D eigenvalue weighted by molar-refractivity contribution is 5.76. The number of nitro groups is 1. The lowest BCUT2D eigenvalue weighted by atomic mass is 10.0. The molecule has 0 unspecified atom stereocenters. The van der Waals surface area contributed by atoms with Crippen molar-refractivity contribution < 1.29 is 19.9 Å². The molecule has 7 nitrogen and oxygen atoms in total. The van der Waals surface area contributed by atoms with Gasteiger partial charge in [-0.15, -0.1) is 0 Å². The maximum atomic E-state index is 12.0. The molecule has 3 N–H and O–H groups in total. The van der Waals surface area contributed by atoms with Gasteiger partial charge in [-0.25, -0.2) is 0 Å². The Kier molecular flexibility index (Phi) is 10.5. The number of unbranched alkanes of at least 4 members (excludes halogenated alkanes) is 6. The molecule has 0 aliphatic rings. The smallest absolute Gasteiger partial charge is 0.269 e. The highest BCUT2D eigenvalue weighted by Gasteiger charge is 2.22. The molecular weight excluding hydrogens is 336 g/mol. The molecule has 0 spiro atoms. The molecule has 146 valence electrons. The van der Waals surface area contributed by atoms with Gasteiger partial charge in [-0.2, -0.15) is 0 Å². The van der Waals surface area contributed by atoms with Gasteiger partial charge >= 0.3 is 0 Å². The molecule has 0 saturated carbocycles. The third kappa shape index (κ3) is 7.93. The Balaban J connectivity index is 2.40. The lowest BCUT2D eigenvalue weighted by molar-refractivity contribution is -0.384. The van der Waals surface area contributed by atoms with E-state index in [1.54, 1.807) is 0 Å². The van der Waals surface area contributed by atoms with E-state index in [0.29, 0.717) is 12.0 Å². The van der Waals surface area contributed by atoms with E-state index in [1.807, 2.05) is 0 Å². The van der Waals surface area contributed by atoms with Crippen LogP contribution in [0.4, 0.5) is 5.69 Å². The summed E-state index contributed by atoms with van der Waals surface area (Å²) < 4.78 is 0. The average Bonchev–Trinajstić information content (AvgIpc) is 2.65. The largest absolute Gasteiger partial charge is 0.394 e. The van der Waals surface area contributed by atoms with Crippen molar-refractivity contribution in [3.8, 4) is 0 Å². The zero-order valence-corrected chi connectivity index (χ0v) is 15.4. The zero-order valence-electron chi connectivity index (χ0n) is 15.4. The van der Waals surface area contributed by atoms with Gasteiger partial charge in [-0.1, -0.05) is 45.4 Å². The predicted octanol–water partition coefficient (Wildman–Crippen LogP) is 3.25. The SMILES string of the molecule is CCCCCCCCCC(=O)N[C@H](CO)[C@H](O)c1ccc([N+](=O)[O-])cc1. The number of aliphatic hydroxyl groups excluding tert-OH is 2. The molecule has 1 aromatic rings. The van der Waals surface area contributed by atoms with E-state index in [0.717, 1.165) is 19.3 Å². The molecule has 0 fully saturated rings. The van der Waals surface area contributed by atoms with E-state index in [1.165, 1.54) is 49.9 Å². The van der Waals surface area contributed by atoms with Crippen LogP contribution in [0.3, 0.4) is 0 Å². The number of aliphatic hydroxyl groups is 2. The van der Waals surface area contributed by atoms with E-state index in [-0.39, 0.29) is 11.6 Å². The molecule has 0 bridgehead atoms. The number of hydrogen-bond donors (Lipinski definition) is 3. The first-order chi connectivity index (χ1) is 12.5. The van der Waals surface area contributed by atoms with Crippen LogP contribution in [0, 0.1) is 10.1 Å². The molecule has 1 aromatic carbocycles. The minimum absolute atomic E-state index is 0.0792. The Morgan fingerprint density at radius 2 is 1.69 bits per heavy atom. The second-order valence-corrected chi connectivity index (χ2v) is 6.52. The lowest BCUT2D eigenvalue weighted by Gasteiger charge is -2.22. The van der Waals surface area contributed by atoms with Crippen molar-refractivity contribution >= 4 is 11.6 Å². The van der Waals surface area contributed by atoms with Crippen molar-refractivity contribution in [2.75, 3.05) is 6.61 Å². The van der Waals surface area contributed by atoms with Crippen molar-refractivity contribution in [1.82, 2.24) is 5.32 Å². The maximum absolute atomic E-state index is 12.0. The van der Waals surface area contributed by atoms with E-state index < -0.39 is 23.7 Å². The standard InChI is InChI=1S/C19H30N2O5/c1-2-3-4-5-6-7-8-9-18(23)20-17(14-22)19(24)15-10-12-16(13-11-15)21(25)26/h10-13,17,19,22,24H,2-9,14H2,1H3,(H,20,23)/t17-,19-/m1/s1. The van der Waals surface area contributed by atoms with E-state index in [2.05, 4.69) is 12.2 Å². The van der Waals surface area contributed by atoms with Crippen LogP contribution in [0.25, 0.3) is 0 Å². The lowest BCUT2D eigenvalue weighted by Crippen LogP contribution is -2.41. The monoisotopic (exact) mass is 366 g/mol. The average molecular weight is 366 g/mol. The Hall–Kier alpha value is -1.99. The third-order valence-electron chi connectivity index (χ3n) is 4.38. The molecule has 0 saturated heterocycles. The van der Waals surface area contributed by atoms with E-state index in [4.69, 9.17) is 0 Å². The Bertz CT molecular complexity index is 547. The van der Waals surface area contributed by atoms with Crippen molar-refractivity contribution in [3.63, 3.8) is 0 Å². The van der Waals surface area contributed by atoms with Crippen LogP contribution in [0.5, 0.6) is 0 Å². The summed E-state index contributed by atoms with van der Waals surface area (Å²) in [5, 5.41) is 33.1. The number of hydrogen-bond acceptors (Lipinski definition) is 5. The van der Waals surface area contributed by atoms with Gasteiger partial charge in [0.05, 0.1) is 17.6 Å². The Labute approximate surface area is 154 Å². The zero-order chi connectivity index (χ0) is 19.4. The summed E-state index contributed by atoms with van der Waals surface area (Å²) in [5.41, 5.74) is 0.329. The highest BCUT2D eigenvalue weighted by atomic mass is 16.6. The summed E-state index contributed by atoms with van der Waals surface area (Å²) in [5.74, 6) is -0.210. The van der Waals surface area contributed by atoms with Crippen LogP contribution >= 0.6 is 0 Å². The summed E-state index contributed by atoms with van der Waals surface area (Å²) in [4.78, 5) is 22.1. The topological polar surface area (TPSA) is 113 Å². The molecular formula is C19H30N2O5. The second-order valence-electron chi connectivity index (χ2n) is 6.52. The van der Waals surface area contributed by atoms with Gasteiger partial charge in [-0.05, 0) is 24.1 Å². The van der Waals surface area contributed by atoms with Crippen LogP contribution < -0.4 is 5.32 Å². The number of nitrogens with one attached hydrogen (secondary N) is 1. The summed E-state index contributed by atoms with van der Waals surface area (Å²) in [7, 11) is 0. The summed E-state index contributed by atoms with van der Waals surface area (Å²) in [6.45, 7) is 1.76. The van der Waals surface area contributed by atoms with Gasteiger partial charge < -0.3 is 15.5 Å². The van der Waals surface area contributed by atoms with Crippen molar-refractivity contribution in [3.05, 3.63) is 39.9 Å². The number of nitro benzene ring substituents is 1. The van der Waals surface area contributed by atoms with Crippen molar-refractivity contribution in [2.45, 2.75) is 70.4 Å². The first-order valence-corrected chi connectivity index (χ1v) is 9.32. The first kappa shape index (κ1) is 22.1. The molecule has 7 heteroatoms. The van der Waals surface area contributed by atoms with E-state index >= 15 is 0 Å². The summed E-state index contributed by atoms with van der Waals surface area (Å²) in [6, 6.07) is 4.58. The minimum Gasteiger partial charge on any atom is -0.394 e. The van der Waals surface area contributed by atoms with Gasteiger partial charge in [0.1, 0.15) is 6.10 Å². The minimum atomic E-state index is -1.13. The van der Waals surface area contributed by atoms with Crippen LogP contribution in [0.1, 0.15) is 70.0 Å². The highest BCUT2D eigenvalue weighted by Crippen LogP contribution is 2.20. The molecule has 0 aromatic heterocycles. The fourth-order valence-corrected chi connectivity index (χ4v) is 2.77. The number of nitrogens with zero attached hydrogens (tertiary/aromatic N) is 1. The van der Waals surface area contributed by atoms with Gasteiger partial charge in [0.2, 0.25) is 5.91 Å². The van der Waals surface area contributed by atoms with Crippen molar-refractivity contribution in [1.29, 1.82) is 0 Å².